The molecule has 0 bridgehead atoms. The lowest BCUT2D eigenvalue weighted by atomic mass is 10.1. The van der Waals surface area contributed by atoms with E-state index in [0.717, 1.165) is 5.56 Å². The molecule has 1 aromatic heterocycles. The third-order valence-corrected chi connectivity index (χ3v) is 2.47. The molecule has 0 aliphatic rings. The van der Waals surface area contributed by atoms with Crippen molar-refractivity contribution in [1.29, 1.82) is 0 Å². The summed E-state index contributed by atoms with van der Waals surface area (Å²) in [5, 5.41) is 13.8. The maximum absolute atomic E-state index is 9.89. The van der Waals surface area contributed by atoms with Gasteiger partial charge in [-0.05, 0) is 14.1 Å². The minimum Gasteiger partial charge on any atom is -0.385 e. The third kappa shape index (κ3) is 2.93. The molecule has 90 valence electrons. The Morgan fingerprint density at radius 3 is 2.65 bits per heavy atom. The van der Waals surface area contributed by atoms with Crippen LogP contribution >= 0.6 is 0 Å². The van der Waals surface area contributed by atoms with Crippen LogP contribution in [-0.2, 0) is 0 Å². The predicted octanol–water partition coefficient (Wildman–Crippen LogP) is 1.94. The van der Waals surface area contributed by atoms with E-state index in [1.807, 2.05) is 49.3 Å². The predicted molar refractivity (Wildman–Crippen MR) is 65.5 cm³/mol. The van der Waals surface area contributed by atoms with Crippen molar-refractivity contribution >= 4 is 0 Å². The summed E-state index contributed by atoms with van der Waals surface area (Å²) in [4.78, 5) is 1.90. The molecular weight excluding hydrogens is 216 g/mol. The lowest BCUT2D eigenvalue weighted by Crippen LogP contribution is -2.20. The molecule has 0 amide bonds. The van der Waals surface area contributed by atoms with Crippen LogP contribution in [0.25, 0.3) is 11.3 Å². The highest BCUT2D eigenvalue weighted by Crippen LogP contribution is 2.22. The van der Waals surface area contributed by atoms with Crippen LogP contribution < -0.4 is 0 Å². The highest BCUT2D eigenvalue weighted by molar-refractivity contribution is 5.56. The van der Waals surface area contributed by atoms with Crippen molar-refractivity contribution < 1.29 is 9.63 Å². The number of nitrogens with zero attached hydrogens (tertiary/aromatic N) is 2. The van der Waals surface area contributed by atoms with E-state index in [-0.39, 0.29) is 0 Å². The number of hydrogen-bond donors (Lipinski definition) is 1. The molecule has 0 spiro atoms. The fourth-order valence-corrected chi connectivity index (χ4v) is 1.62. The molecular formula is C13H16N2O2. The zero-order valence-corrected chi connectivity index (χ0v) is 10.00. The molecule has 1 heterocycles. The first kappa shape index (κ1) is 11.8. The van der Waals surface area contributed by atoms with Crippen molar-refractivity contribution in [2.75, 3.05) is 20.6 Å². The van der Waals surface area contributed by atoms with Gasteiger partial charge >= 0.3 is 0 Å². The van der Waals surface area contributed by atoms with E-state index in [4.69, 9.17) is 4.52 Å². The Bertz CT molecular complexity index is 465. The van der Waals surface area contributed by atoms with E-state index in [1.54, 1.807) is 6.07 Å². The van der Waals surface area contributed by atoms with Crippen molar-refractivity contribution in [2.24, 2.45) is 0 Å². The van der Waals surface area contributed by atoms with Gasteiger partial charge in [-0.1, -0.05) is 35.5 Å². The fourth-order valence-electron chi connectivity index (χ4n) is 1.62. The molecule has 0 aliphatic heterocycles. The monoisotopic (exact) mass is 232 g/mol. The van der Waals surface area contributed by atoms with Crippen molar-refractivity contribution in [3.63, 3.8) is 0 Å². The number of benzene rings is 1. The quantitative estimate of drug-likeness (QED) is 0.875. The van der Waals surface area contributed by atoms with Crippen LogP contribution in [0.3, 0.4) is 0 Å². The average Bonchev–Trinajstić information content (AvgIpc) is 2.78. The summed E-state index contributed by atoms with van der Waals surface area (Å²) >= 11 is 0. The van der Waals surface area contributed by atoms with Gasteiger partial charge in [0.2, 0.25) is 0 Å². The van der Waals surface area contributed by atoms with Crippen LogP contribution in [0, 0.1) is 0 Å². The second-order valence-corrected chi connectivity index (χ2v) is 4.26. The smallest absolute Gasteiger partial charge is 0.167 e. The van der Waals surface area contributed by atoms with Crippen LogP contribution in [0.4, 0.5) is 0 Å². The number of likely N-dealkylation sites (N-methyl/N-ethyl adjacent to an activating group) is 1. The second-order valence-electron chi connectivity index (χ2n) is 4.26. The first-order chi connectivity index (χ1) is 8.16. The van der Waals surface area contributed by atoms with Gasteiger partial charge < -0.3 is 14.5 Å². The Labute approximate surface area is 100 Å². The largest absolute Gasteiger partial charge is 0.385 e. The van der Waals surface area contributed by atoms with Crippen LogP contribution in [0.1, 0.15) is 11.8 Å². The van der Waals surface area contributed by atoms with Crippen molar-refractivity contribution in [3.8, 4) is 11.3 Å². The van der Waals surface area contributed by atoms with Gasteiger partial charge in [0.1, 0.15) is 11.8 Å². The van der Waals surface area contributed by atoms with Gasteiger partial charge in [-0.25, -0.2) is 0 Å². The van der Waals surface area contributed by atoms with E-state index in [0.29, 0.717) is 18.0 Å². The van der Waals surface area contributed by atoms with E-state index in [9.17, 15) is 5.11 Å². The summed E-state index contributed by atoms with van der Waals surface area (Å²) in [7, 11) is 3.81. The molecule has 0 saturated carbocycles. The molecule has 4 heteroatoms. The lowest BCUT2D eigenvalue weighted by Gasteiger charge is -2.12. The van der Waals surface area contributed by atoms with Gasteiger partial charge in [-0.2, -0.15) is 0 Å². The first-order valence-corrected chi connectivity index (χ1v) is 5.51. The molecule has 0 saturated heterocycles. The second kappa shape index (κ2) is 5.12. The van der Waals surface area contributed by atoms with Crippen LogP contribution in [0.15, 0.2) is 40.9 Å². The molecule has 0 radical (unpaired) electrons. The highest BCUT2D eigenvalue weighted by Gasteiger charge is 2.14. The molecule has 1 N–H and O–H groups in total. The minimum absolute atomic E-state index is 0.529. The first-order valence-electron chi connectivity index (χ1n) is 5.51. The van der Waals surface area contributed by atoms with Gasteiger partial charge in [0.05, 0.1) is 0 Å². The fraction of sp³-hybridized carbons (Fsp3) is 0.308. The zero-order chi connectivity index (χ0) is 12.3. The van der Waals surface area contributed by atoms with E-state index in [1.165, 1.54) is 0 Å². The number of aliphatic hydroxyl groups excluding tert-OH is 1. The topological polar surface area (TPSA) is 49.5 Å². The number of aromatic nitrogens is 1. The average molecular weight is 232 g/mol. The Hall–Kier alpha value is -1.65. The van der Waals surface area contributed by atoms with E-state index >= 15 is 0 Å². The van der Waals surface area contributed by atoms with Gasteiger partial charge in [0.15, 0.2) is 5.76 Å². The molecule has 0 aliphatic carbocycles. The third-order valence-electron chi connectivity index (χ3n) is 2.47. The van der Waals surface area contributed by atoms with Crippen molar-refractivity contribution in [3.05, 3.63) is 42.1 Å². The van der Waals surface area contributed by atoms with Crippen LogP contribution in [0.5, 0.6) is 0 Å². The highest BCUT2D eigenvalue weighted by atomic mass is 16.5. The standard InChI is InChI=1S/C13H16N2O2/c1-15(2)9-12(16)11-8-13(17-14-11)10-6-4-3-5-7-10/h3-8,12,16H,9H2,1-2H3. The number of rotatable bonds is 4. The van der Waals surface area contributed by atoms with E-state index in [2.05, 4.69) is 5.16 Å². The summed E-state index contributed by atoms with van der Waals surface area (Å²) in [6, 6.07) is 11.5. The molecule has 17 heavy (non-hydrogen) atoms. The summed E-state index contributed by atoms with van der Waals surface area (Å²) in [6.45, 7) is 0.529. The van der Waals surface area contributed by atoms with Gasteiger partial charge in [0, 0.05) is 18.2 Å². The molecule has 4 nitrogen and oxygen atoms in total. The number of hydrogen-bond acceptors (Lipinski definition) is 4. The number of aliphatic hydroxyl groups is 1. The summed E-state index contributed by atoms with van der Waals surface area (Å²) < 4.78 is 5.22. The molecule has 2 aromatic rings. The van der Waals surface area contributed by atoms with Crippen molar-refractivity contribution in [1.82, 2.24) is 10.1 Å². The maximum Gasteiger partial charge on any atom is 0.167 e. The summed E-state index contributed by atoms with van der Waals surface area (Å²) in [5.41, 5.74) is 1.53. The summed E-state index contributed by atoms with van der Waals surface area (Å²) in [5.74, 6) is 0.679. The van der Waals surface area contributed by atoms with E-state index < -0.39 is 6.10 Å². The zero-order valence-electron chi connectivity index (χ0n) is 10.00. The van der Waals surface area contributed by atoms with Gasteiger partial charge in [-0.3, -0.25) is 0 Å². The van der Waals surface area contributed by atoms with Gasteiger partial charge in [-0.15, -0.1) is 0 Å². The van der Waals surface area contributed by atoms with Crippen molar-refractivity contribution in [2.45, 2.75) is 6.10 Å². The molecule has 2 rings (SSSR count). The van der Waals surface area contributed by atoms with Gasteiger partial charge in [0.25, 0.3) is 0 Å². The normalized spacial score (nSPS) is 12.9. The Morgan fingerprint density at radius 2 is 2.00 bits per heavy atom. The lowest BCUT2D eigenvalue weighted by molar-refractivity contribution is 0.130. The molecule has 1 unspecified atom stereocenters. The molecule has 1 atom stereocenters. The summed E-state index contributed by atoms with van der Waals surface area (Å²) in [6.07, 6.45) is -0.619. The Kier molecular flexibility index (Phi) is 3.56. The van der Waals surface area contributed by atoms with Crippen LogP contribution in [0.2, 0.25) is 0 Å². The van der Waals surface area contributed by atoms with Crippen LogP contribution in [-0.4, -0.2) is 35.8 Å². The Morgan fingerprint density at radius 1 is 1.29 bits per heavy atom. The molecule has 0 fully saturated rings. The SMILES string of the molecule is CN(C)CC(O)c1cc(-c2ccccc2)on1. The molecule has 1 aromatic carbocycles. The minimum atomic E-state index is -0.619. The maximum atomic E-state index is 9.89. The Balaban J connectivity index is 2.16.